The summed E-state index contributed by atoms with van der Waals surface area (Å²) in [7, 11) is 0. The molecule has 0 heterocycles. The highest BCUT2D eigenvalue weighted by atomic mass is 14.1. The molecule has 1 aliphatic rings. The minimum absolute atomic E-state index is 0.945. The molecule has 0 aromatic heterocycles. The van der Waals surface area contributed by atoms with Crippen LogP contribution in [-0.2, 0) is 0 Å². The lowest BCUT2D eigenvalue weighted by Gasteiger charge is -2.11. The van der Waals surface area contributed by atoms with Crippen molar-refractivity contribution in [1.29, 1.82) is 0 Å². The van der Waals surface area contributed by atoms with E-state index in [9.17, 15) is 0 Å². The third-order valence-electron chi connectivity index (χ3n) is 5.91. The fraction of sp³-hybridized carbons (Fsp3) is 0.294. The average Bonchev–Trinajstić information content (AvgIpc) is 2.87. The van der Waals surface area contributed by atoms with Gasteiger partial charge in [0.15, 0.2) is 0 Å². The van der Waals surface area contributed by atoms with Gasteiger partial charge in [-0.05, 0) is 84.9 Å². The first-order valence-electron chi connectivity index (χ1n) is 12.8. The van der Waals surface area contributed by atoms with Crippen molar-refractivity contribution in [2.24, 2.45) is 0 Å². The summed E-state index contributed by atoms with van der Waals surface area (Å²) >= 11 is 0. The Morgan fingerprint density at radius 3 is 2.35 bits per heavy atom. The van der Waals surface area contributed by atoms with Gasteiger partial charge in [0, 0.05) is 0 Å². The Kier molecular flexibility index (Phi) is 12.5. The van der Waals surface area contributed by atoms with E-state index in [0.717, 1.165) is 44.1 Å². The second-order valence-corrected chi connectivity index (χ2v) is 8.53. The number of rotatable bonds is 12. The molecule has 0 saturated carbocycles. The van der Waals surface area contributed by atoms with Crippen LogP contribution in [-0.4, -0.2) is 0 Å². The van der Waals surface area contributed by atoms with Crippen LogP contribution in [0.1, 0.15) is 77.3 Å². The van der Waals surface area contributed by atoms with Gasteiger partial charge >= 0.3 is 0 Å². The highest BCUT2D eigenvalue weighted by molar-refractivity contribution is 5.77. The van der Waals surface area contributed by atoms with Gasteiger partial charge in [0.2, 0.25) is 0 Å². The molecule has 1 aromatic carbocycles. The summed E-state index contributed by atoms with van der Waals surface area (Å²) in [5.74, 6) is 0. The summed E-state index contributed by atoms with van der Waals surface area (Å²) in [6, 6.07) is 8.93. The van der Waals surface area contributed by atoms with E-state index in [1.165, 1.54) is 33.4 Å². The minimum atomic E-state index is 0.945. The summed E-state index contributed by atoms with van der Waals surface area (Å²) in [6.07, 6.45) is 33.0. The number of hydrogen-bond donors (Lipinski definition) is 0. The van der Waals surface area contributed by atoms with Crippen molar-refractivity contribution in [3.05, 3.63) is 132 Å². The van der Waals surface area contributed by atoms with Crippen LogP contribution in [0.3, 0.4) is 0 Å². The molecule has 178 valence electrons. The molecule has 1 aromatic rings. The largest absolute Gasteiger partial charge is 0.0984 e. The monoisotopic (exact) mass is 450 g/mol. The molecular weight excluding hydrogens is 408 g/mol. The first-order valence-corrected chi connectivity index (χ1v) is 12.8. The van der Waals surface area contributed by atoms with Crippen LogP contribution < -0.4 is 0 Å². The zero-order valence-corrected chi connectivity index (χ0v) is 21.7. The minimum Gasteiger partial charge on any atom is -0.0984 e. The molecule has 0 unspecified atom stereocenters. The predicted octanol–water partition coefficient (Wildman–Crippen LogP) is 10.5. The predicted molar refractivity (Wildman–Crippen MR) is 155 cm³/mol. The summed E-state index contributed by atoms with van der Waals surface area (Å²) < 4.78 is 0. The third kappa shape index (κ3) is 8.67. The van der Waals surface area contributed by atoms with E-state index in [1.54, 1.807) is 0 Å². The van der Waals surface area contributed by atoms with E-state index in [4.69, 9.17) is 0 Å². The van der Waals surface area contributed by atoms with Gasteiger partial charge in [-0.3, -0.25) is 0 Å². The van der Waals surface area contributed by atoms with Crippen LogP contribution in [0.2, 0.25) is 0 Å². The SMILES string of the molecule is C=C/C(=C\C=C/C)c1ccc(/C(=C/C(=C/CC)C/C=C\C(=C/C)C2=CCCC=C2)CCC)cc1. The summed E-state index contributed by atoms with van der Waals surface area (Å²) in [6.45, 7) is 12.6. The third-order valence-corrected chi connectivity index (χ3v) is 5.91. The number of hydrogen-bond acceptors (Lipinski definition) is 0. The van der Waals surface area contributed by atoms with Crippen LogP contribution in [0.15, 0.2) is 120 Å². The van der Waals surface area contributed by atoms with E-state index < -0.39 is 0 Å². The summed E-state index contributed by atoms with van der Waals surface area (Å²) in [4.78, 5) is 0. The second kappa shape index (κ2) is 15.7. The Balaban J connectivity index is 2.25. The fourth-order valence-electron chi connectivity index (χ4n) is 4.12. The molecule has 34 heavy (non-hydrogen) atoms. The lowest BCUT2D eigenvalue weighted by atomic mass is 9.94. The maximum atomic E-state index is 3.98. The Morgan fingerprint density at radius 1 is 1.00 bits per heavy atom. The van der Waals surface area contributed by atoms with Gasteiger partial charge in [-0.1, -0.05) is 124 Å². The molecule has 0 spiro atoms. The number of allylic oxidation sites excluding steroid dienone is 17. The maximum Gasteiger partial charge on any atom is -0.00972 e. The van der Waals surface area contributed by atoms with Crippen molar-refractivity contribution in [1.82, 2.24) is 0 Å². The van der Waals surface area contributed by atoms with Gasteiger partial charge in [0.1, 0.15) is 0 Å². The van der Waals surface area contributed by atoms with Gasteiger partial charge in [0.05, 0.1) is 0 Å². The van der Waals surface area contributed by atoms with Gasteiger partial charge in [0.25, 0.3) is 0 Å². The molecule has 1 aliphatic carbocycles. The molecule has 0 saturated heterocycles. The highest BCUT2D eigenvalue weighted by Gasteiger charge is 2.05. The molecule has 0 bridgehead atoms. The number of benzene rings is 1. The fourth-order valence-corrected chi connectivity index (χ4v) is 4.12. The zero-order chi connectivity index (χ0) is 24.6. The highest BCUT2D eigenvalue weighted by Crippen LogP contribution is 2.26. The van der Waals surface area contributed by atoms with Crippen LogP contribution in [0.4, 0.5) is 0 Å². The van der Waals surface area contributed by atoms with Gasteiger partial charge in [-0.15, -0.1) is 0 Å². The standard InChI is InChI=1S/C34H42/c1-6-11-19-29(9-4)32-23-25-33(26-24-32)34(17-8-3)27-28(16-7-2)18-15-22-30(10-5)31-20-13-12-14-21-31/h6,9-11,13,15-16,19-27H,4,7-8,12,14,17-18H2,1-3,5H3/b11-6-,22-15-,28-16+,29-19+,30-10+,34-27+. The van der Waals surface area contributed by atoms with Crippen molar-refractivity contribution in [3.63, 3.8) is 0 Å². The lowest BCUT2D eigenvalue weighted by molar-refractivity contribution is 0.971. The van der Waals surface area contributed by atoms with Crippen LogP contribution in [0, 0.1) is 0 Å². The van der Waals surface area contributed by atoms with Crippen molar-refractivity contribution >= 4 is 11.1 Å². The molecule has 0 amide bonds. The molecule has 0 fully saturated rings. The lowest BCUT2D eigenvalue weighted by Crippen LogP contribution is -1.90. The first-order chi connectivity index (χ1) is 16.7. The van der Waals surface area contributed by atoms with E-state index >= 15 is 0 Å². The molecule has 0 atom stereocenters. The smallest absolute Gasteiger partial charge is 0.00972 e. The quantitative estimate of drug-likeness (QED) is 0.278. The van der Waals surface area contributed by atoms with E-state index in [-0.39, 0.29) is 0 Å². The van der Waals surface area contributed by atoms with Gasteiger partial charge in [-0.2, -0.15) is 0 Å². The van der Waals surface area contributed by atoms with Gasteiger partial charge < -0.3 is 0 Å². The summed E-state index contributed by atoms with van der Waals surface area (Å²) in [5.41, 5.74) is 9.09. The Hall–Kier alpha value is -3.12. The Labute approximate surface area is 208 Å². The van der Waals surface area contributed by atoms with Crippen LogP contribution in [0.25, 0.3) is 11.1 Å². The van der Waals surface area contributed by atoms with E-state index in [0.29, 0.717) is 0 Å². The molecule has 0 N–H and O–H groups in total. The molecule has 0 radical (unpaired) electrons. The zero-order valence-electron chi connectivity index (χ0n) is 21.7. The Bertz CT molecular complexity index is 1020. The van der Waals surface area contributed by atoms with Crippen molar-refractivity contribution in [3.8, 4) is 0 Å². The van der Waals surface area contributed by atoms with Crippen molar-refractivity contribution < 1.29 is 0 Å². The van der Waals surface area contributed by atoms with Crippen molar-refractivity contribution in [2.45, 2.75) is 66.2 Å². The van der Waals surface area contributed by atoms with Gasteiger partial charge in [-0.25, -0.2) is 0 Å². The molecule has 0 nitrogen and oxygen atoms in total. The van der Waals surface area contributed by atoms with Crippen LogP contribution >= 0.6 is 0 Å². The Morgan fingerprint density at radius 2 is 1.76 bits per heavy atom. The molecule has 0 heteroatoms. The average molecular weight is 451 g/mol. The molecule has 0 aliphatic heterocycles. The van der Waals surface area contributed by atoms with E-state index in [2.05, 4.69) is 112 Å². The molecular formula is C34H42. The second-order valence-electron chi connectivity index (χ2n) is 8.53. The van der Waals surface area contributed by atoms with Crippen LogP contribution in [0.5, 0.6) is 0 Å². The first kappa shape index (κ1) is 27.1. The topological polar surface area (TPSA) is 0 Å². The van der Waals surface area contributed by atoms with Crippen molar-refractivity contribution in [2.75, 3.05) is 0 Å². The normalized spacial score (nSPS) is 15.9. The summed E-state index contributed by atoms with van der Waals surface area (Å²) in [5, 5.41) is 0. The maximum absolute atomic E-state index is 3.98. The molecule has 2 rings (SSSR count). The van der Waals surface area contributed by atoms with E-state index in [1.807, 2.05) is 19.1 Å².